The van der Waals surface area contributed by atoms with E-state index in [0.29, 0.717) is 12.8 Å². The maximum Gasteiger partial charge on any atom is 0.133 e. The molecule has 66 valence electrons. The van der Waals surface area contributed by atoms with E-state index in [4.69, 9.17) is 5.26 Å². The number of hydrogen-bond acceptors (Lipinski definition) is 3. The number of rotatable bonds is 3. The van der Waals surface area contributed by atoms with Crippen LogP contribution in [0.15, 0.2) is 18.2 Å². The molecule has 0 bridgehead atoms. The summed E-state index contributed by atoms with van der Waals surface area (Å²) in [6.45, 7) is 0. The number of phenolic OH excluding ortho intramolecular Hbond substituents is 1. The number of nitriles is 1. The van der Waals surface area contributed by atoms with Gasteiger partial charge in [-0.15, -0.1) is 0 Å². The Kier molecular flexibility index (Phi) is 3.04. The lowest BCUT2D eigenvalue weighted by molar-refractivity contribution is -0.107. The maximum atomic E-state index is 10.1. The molecular formula is C10H9NO2. The van der Waals surface area contributed by atoms with Crippen molar-refractivity contribution in [3.05, 3.63) is 29.3 Å². The summed E-state index contributed by atoms with van der Waals surface area (Å²) in [7, 11) is 0. The van der Waals surface area contributed by atoms with Crippen LogP contribution in [-0.4, -0.2) is 11.4 Å². The van der Waals surface area contributed by atoms with Gasteiger partial charge in [-0.1, -0.05) is 12.1 Å². The smallest absolute Gasteiger partial charge is 0.133 e. The highest BCUT2D eigenvalue weighted by Gasteiger charge is 2.05. The van der Waals surface area contributed by atoms with E-state index in [9.17, 15) is 9.90 Å². The average Bonchev–Trinajstić information content (AvgIpc) is 2.15. The van der Waals surface area contributed by atoms with Crippen molar-refractivity contribution < 1.29 is 9.90 Å². The van der Waals surface area contributed by atoms with Crippen LogP contribution in [-0.2, 0) is 11.2 Å². The van der Waals surface area contributed by atoms with Gasteiger partial charge in [-0.3, -0.25) is 0 Å². The first-order chi connectivity index (χ1) is 6.29. The second-order valence-electron chi connectivity index (χ2n) is 2.63. The number of aryl methyl sites for hydroxylation is 1. The van der Waals surface area contributed by atoms with Gasteiger partial charge in [-0.2, -0.15) is 5.26 Å². The first-order valence-corrected chi connectivity index (χ1v) is 3.94. The summed E-state index contributed by atoms with van der Waals surface area (Å²) >= 11 is 0. The Balaban J connectivity index is 3.00. The van der Waals surface area contributed by atoms with Crippen LogP contribution in [0.2, 0.25) is 0 Å². The molecule has 0 saturated carbocycles. The number of aldehydes is 1. The Morgan fingerprint density at radius 3 is 2.92 bits per heavy atom. The molecule has 0 aliphatic rings. The van der Waals surface area contributed by atoms with E-state index >= 15 is 0 Å². The third-order valence-electron chi connectivity index (χ3n) is 1.77. The monoisotopic (exact) mass is 175 g/mol. The standard InChI is InChI=1S/C10H9NO2/c11-7-9-8(4-2-6-12)3-1-5-10(9)13/h1,3,5-6,13H,2,4H2. The van der Waals surface area contributed by atoms with E-state index in [-0.39, 0.29) is 11.3 Å². The van der Waals surface area contributed by atoms with Gasteiger partial charge in [0, 0.05) is 6.42 Å². The summed E-state index contributed by atoms with van der Waals surface area (Å²) in [5.41, 5.74) is 0.985. The highest BCUT2D eigenvalue weighted by Crippen LogP contribution is 2.20. The first-order valence-electron chi connectivity index (χ1n) is 3.94. The fourth-order valence-electron chi connectivity index (χ4n) is 1.14. The third kappa shape index (κ3) is 2.06. The number of aromatic hydroxyl groups is 1. The van der Waals surface area contributed by atoms with Gasteiger partial charge in [0.1, 0.15) is 18.1 Å². The summed E-state index contributed by atoms with van der Waals surface area (Å²) in [6.07, 6.45) is 1.67. The van der Waals surface area contributed by atoms with E-state index in [2.05, 4.69) is 0 Å². The minimum absolute atomic E-state index is 0.0223. The normalized spacial score (nSPS) is 9.15. The molecule has 0 spiro atoms. The van der Waals surface area contributed by atoms with Crippen LogP contribution in [0.25, 0.3) is 0 Å². The molecule has 0 aromatic heterocycles. The minimum atomic E-state index is -0.0223. The van der Waals surface area contributed by atoms with E-state index in [1.165, 1.54) is 6.07 Å². The van der Waals surface area contributed by atoms with Gasteiger partial charge in [0.25, 0.3) is 0 Å². The van der Waals surface area contributed by atoms with Crippen LogP contribution in [0.5, 0.6) is 5.75 Å². The lowest BCUT2D eigenvalue weighted by Gasteiger charge is -2.02. The van der Waals surface area contributed by atoms with Crippen molar-refractivity contribution in [3.63, 3.8) is 0 Å². The second-order valence-corrected chi connectivity index (χ2v) is 2.63. The number of phenols is 1. The van der Waals surface area contributed by atoms with Crippen LogP contribution < -0.4 is 0 Å². The quantitative estimate of drug-likeness (QED) is 0.706. The Hall–Kier alpha value is -1.82. The van der Waals surface area contributed by atoms with Crippen molar-refractivity contribution >= 4 is 6.29 Å². The predicted molar refractivity (Wildman–Crippen MR) is 47.2 cm³/mol. The Bertz CT molecular complexity index is 352. The number of nitrogens with zero attached hydrogens (tertiary/aromatic N) is 1. The summed E-state index contributed by atoms with van der Waals surface area (Å²) in [6, 6.07) is 6.77. The molecule has 3 nitrogen and oxygen atoms in total. The van der Waals surface area contributed by atoms with Gasteiger partial charge in [0.15, 0.2) is 0 Å². The van der Waals surface area contributed by atoms with E-state index < -0.39 is 0 Å². The van der Waals surface area contributed by atoms with Crippen LogP contribution in [0.3, 0.4) is 0 Å². The van der Waals surface area contributed by atoms with E-state index in [1.807, 2.05) is 6.07 Å². The van der Waals surface area contributed by atoms with Crippen LogP contribution in [0.1, 0.15) is 17.5 Å². The topological polar surface area (TPSA) is 61.1 Å². The molecule has 1 rings (SSSR count). The zero-order chi connectivity index (χ0) is 9.68. The van der Waals surface area contributed by atoms with Crippen LogP contribution in [0.4, 0.5) is 0 Å². The largest absolute Gasteiger partial charge is 0.507 e. The molecule has 0 fully saturated rings. The van der Waals surface area contributed by atoms with Gasteiger partial charge in [-0.05, 0) is 18.1 Å². The third-order valence-corrected chi connectivity index (χ3v) is 1.77. The second kappa shape index (κ2) is 4.27. The fraction of sp³-hybridized carbons (Fsp3) is 0.200. The van der Waals surface area contributed by atoms with Crippen LogP contribution in [0, 0.1) is 11.3 Å². The molecule has 0 radical (unpaired) electrons. The molecule has 3 heteroatoms. The zero-order valence-corrected chi connectivity index (χ0v) is 7.03. The van der Waals surface area contributed by atoms with Gasteiger partial charge >= 0.3 is 0 Å². The number of carbonyl (C=O) groups excluding carboxylic acids is 1. The van der Waals surface area contributed by atoms with Crippen molar-refractivity contribution in [2.75, 3.05) is 0 Å². The van der Waals surface area contributed by atoms with Crippen molar-refractivity contribution in [2.45, 2.75) is 12.8 Å². The van der Waals surface area contributed by atoms with Crippen molar-refractivity contribution in [2.24, 2.45) is 0 Å². The van der Waals surface area contributed by atoms with Gasteiger partial charge in [0.05, 0.1) is 5.56 Å². The average molecular weight is 175 g/mol. The van der Waals surface area contributed by atoms with Crippen molar-refractivity contribution in [1.82, 2.24) is 0 Å². The molecule has 0 amide bonds. The summed E-state index contributed by atoms with van der Waals surface area (Å²) < 4.78 is 0. The maximum absolute atomic E-state index is 10.1. The van der Waals surface area contributed by atoms with Crippen molar-refractivity contribution in [3.8, 4) is 11.8 Å². The Morgan fingerprint density at radius 2 is 2.31 bits per heavy atom. The lowest BCUT2D eigenvalue weighted by atomic mass is 10.0. The Morgan fingerprint density at radius 1 is 1.54 bits per heavy atom. The molecule has 13 heavy (non-hydrogen) atoms. The molecule has 0 aliphatic carbocycles. The van der Waals surface area contributed by atoms with Gasteiger partial charge in [-0.25, -0.2) is 0 Å². The number of carbonyl (C=O) groups is 1. The van der Waals surface area contributed by atoms with Gasteiger partial charge in [0.2, 0.25) is 0 Å². The predicted octanol–water partition coefficient (Wildman–Crippen LogP) is 1.40. The molecule has 0 saturated heterocycles. The van der Waals surface area contributed by atoms with Crippen LogP contribution >= 0.6 is 0 Å². The molecular weight excluding hydrogens is 166 g/mol. The SMILES string of the molecule is N#Cc1c(O)cccc1CCC=O. The number of hydrogen-bond donors (Lipinski definition) is 1. The van der Waals surface area contributed by atoms with Crippen molar-refractivity contribution in [1.29, 1.82) is 5.26 Å². The van der Waals surface area contributed by atoms with E-state index in [1.54, 1.807) is 12.1 Å². The van der Waals surface area contributed by atoms with E-state index in [0.717, 1.165) is 11.8 Å². The molecule has 1 aromatic carbocycles. The zero-order valence-electron chi connectivity index (χ0n) is 7.03. The molecule has 1 N–H and O–H groups in total. The summed E-state index contributed by atoms with van der Waals surface area (Å²) in [5.74, 6) is -0.0223. The summed E-state index contributed by atoms with van der Waals surface area (Å²) in [5, 5.41) is 18.0. The summed E-state index contributed by atoms with van der Waals surface area (Å²) in [4.78, 5) is 10.1. The number of benzene rings is 1. The lowest BCUT2D eigenvalue weighted by Crippen LogP contribution is -1.91. The molecule has 1 aromatic rings. The fourth-order valence-corrected chi connectivity index (χ4v) is 1.14. The molecule has 0 unspecified atom stereocenters. The molecule has 0 heterocycles. The first kappa shape index (κ1) is 9.27. The molecule has 0 aliphatic heterocycles. The van der Waals surface area contributed by atoms with Gasteiger partial charge < -0.3 is 9.90 Å². The minimum Gasteiger partial charge on any atom is -0.507 e. The molecule has 0 atom stereocenters. The highest BCUT2D eigenvalue weighted by molar-refractivity contribution is 5.53. The Labute approximate surface area is 76.2 Å². The highest BCUT2D eigenvalue weighted by atomic mass is 16.3.